The first-order valence-corrected chi connectivity index (χ1v) is 8.52. The standard InChI is InChI=1S/C18H17ClN4O6/c1-10(24)17(22-21-11-5-4-6-13(7-11)23(26)27)18(25)20-12-8-14(28-2)16(19)15(9-12)29-3/h4-9,17H,1-3H3,(H,20,25). The van der Waals surface area contributed by atoms with Gasteiger partial charge in [0.25, 0.3) is 11.6 Å². The highest BCUT2D eigenvalue weighted by Crippen LogP contribution is 2.37. The number of halogens is 1. The Hall–Kier alpha value is -3.53. The molecule has 0 saturated heterocycles. The van der Waals surface area contributed by atoms with Crippen LogP contribution in [0.2, 0.25) is 5.02 Å². The molecule has 0 heterocycles. The second kappa shape index (κ2) is 9.60. The summed E-state index contributed by atoms with van der Waals surface area (Å²) in [5.41, 5.74) is 0.212. The topological polar surface area (TPSA) is 132 Å². The Kier molecular flexibility index (Phi) is 7.21. The molecule has 0 fully saturated rings. The Morgan fingerprint density at radius 1 is 1.17 bits per heavy atom. The minimum absolute atomic E-state index is 0.132. The zero-order chi connectivity index (χ0) is 21.6. The number of non-ortho nitro benzene ring substituents is 1. The first kappa shape index (κ1) is 21.8. The fourth-order valence-electron chi connectivity index (χ4n) is 2.26. The molecule has 0 radical (unpaired) electrons. The number of benzene rings is 2. The lowest BCUT2D eigenvalue weighted by molar-refractivity contribution is -0.384. The molecule has 0 spiro atoms. The molecular weight excluding hydrogens is 404 g/mol. The van der Waals surface area contributed by atoms with Gasteiger partial charge in [0.15, 0.2) is 5.78 Å². The number of nitro groups is 1. The number of nitro benzene ring substituents is 1. The van der Waals surface area contributed by atoms with Gasteiger partial charge in [0.2, 0.25) is 6.04 Å². The number of carbonyl (C=O) groups is 2. The first-order chi connectivity index (χ1) is 13.8. The van der Waals surface area contributed by atoms with Crippen LogP contribution < -0.4 is 14.8 Å². The van der Waals surface area contributed by atoms with Crippen molar-refractivity contribution in [2.45, 2.75) is 13.0 Å². The monoisotopic (exact) mass is 420 g/mol. The molecule has 0 saturated carbocycles. The van der Waals surface area contributed by atoms with Crippen LogP contribution >= 0.6 is 11.6 Å². The maximum absolute atomic E-state index is 12.5. The van der Waals surface area contributed by atoms with E-state index in [4.69, 9.17) is 21.1 Å². The van der Waals surface area contributed by atoms with Crippen LogP contribution in [0.1, 0.15) is 6.92 Å². The molecule has 0 aromatic heterocycles. The minimum atomic E-state index is -1.46. The van der Waals surface area contributed by atoms with E-state index >= 15 is 0 Å². The lowest BCUT2D eigenvalue weighted by atomic mass is 10.2. The number of azo groups is 1. The van der Waals surface area contributed by atoms with Gasteiger partial charge in [-0.1, -0.05) is 17.7 Å². The highest BCUT2D eigenvalue weighted by atomic mass is 35.5. The van der Waals surface area contributed by atoms with Gasteiger partial charge < -0.3 is 14.8 Å². The van der Waals surface area contributed by atoms with Crippen molar-refractivity contribution in [1.82, 2.24) is 0 Å². The van der Waals surface area contributed by atoms with Gasteiger partial charge in [-0.15, -0.1) is 0 Å². The van der Waals surface area contributed by atoms with Crippen LogP contribution in [0, 0.1) is 10.1 Å². The van der Waals surface area contributed by atoms with E-state index in [1.54, 1.807) is 0 Å². The summed E-state index contributed by atoms with van der Waals surface area (Å²) in [5.74, 6) is -0.791. The summed E-state index contributed by atoms with van der Waals surface area (Å²) < 4.78 is 10.3. The number of methoxy groups -OCH3 is 2. The normalized spacial score (nSPS) is 11.7. The summed E-state index contributed by atoms with van der Waals surface area (Å²) in [5, 5.41) is 21.1. The summed E-state index contributed by atoms with van der Waals surface area (Å²) >= 11 is 6.08. The second-order valence-corrected chi connectivity index (χ2v) is 6.07. The number of hydrogen-bond donors (Lipinski definition) is 1. The number of ketones is 1. The molecule has 152 valence electrons. The van der Waals surface area contributed by atoms with Crippen LogP contribution in [0.5, 0.6) is 11.5 Å². The molecular formula is C18H17ClN4O6. The molecule has 1 N–H and O–H groups in total. The van der Waals surface area contributed by atoms with Crippen molar-refractivity contribution in [3.63, 3.8) is 0 Å². The van der Waals surface area contributed by atoms with E-state index < -0.39 is 22.7 Å². The van der Waals surface area contributed by atoms with Crippen LogP contribution in [0.15, 0.2) is 46.6 Å². The van der Waals surface area contributed by atoms with Crippen molar-refractivity contribution >= 4 is 40.4 Å². The third kappa shape index (κ3) is 5.48. The number of hydrogen-bond acceptors (Lipinski definition) is 8. The van der Waals surface area contributed by atoms with Crippen molar-refractivity contribution < 1.29 is 24.0 Å². The highest BCUT2D eigenvalue weighted by molar-refractivity contribution is 6.33. The Labute approximate surface area is 170 Å². The van der Waals surface area contributed by atoms with Crippen LogP contribution in [0.25, 0.3) is 0 Å². The van der Waals surface area contributed by atoms with Gasteiger partial charge >= 0.3 is 0 Å². The van der Waals surface area contributed by atoms with E-state index in [1.165, 1.54) is 57.5 Å². The van der Waals surface area contributed by atoms with Crippen LogP contribution in [-0.2, 0) is 9.59 Å². The molecule has 11 heteroatoms. The summed E-state index contributed by atoms with van der Waals surface area (Å²) in [6.07, 6.45) is 0. The lowest BCUT2D eigenvalue weighted by Crippen LogP contribution is -2.31. The van der Waals surface area contributed by atoms with Crippen LogP contribution in [0.4, 0.5) is 17.1 Å². The summed E-state index contributed by atoms with van der Waals surface area (Å²) in [4.78, 5) is 34.6. The van der Waals surface area contributed by atoms with E-state index in [1.807, 2.05) is 0 Å². The number of ether oxygens (including phenoxy) is 2. The first-order valence-electron chi connectivity index (χ1n) is 8.15. The largest absolute Gasteiger partial charge is 0.495 e. The maximum Gasteiger partial charge on any atom is 0.271 e. The molecule has 2 rings (SSSR count). The molecule has 0 bridgehead atoms. The van der Waals surface area contributed by atoms with Gasteiger partial charge in [0.05, 0.1) is 24.8 Å². The third-order valence-corrected chi connectivity index (χ3v) is 4.05. The lowest BCUT2D eigenvalue weighted by Gasteiger charge is -2.13. The van der Waals surface area contributed by atoms with Gasteiger partial charge in [0, 0.05) is 30.0 Å². The quantitative estimate of drug-likeness (QED) is 0.297. The average Bonchev–Trinajstić information content (AvgIpc) is 2.69. The van der Waals surface area contributed by atoms with E-state index in [-0.39, 0.29) is 33.6 Å². The Bertz CT molecular complexity index is 954. The molecule has 0 aliphatic carbocycles. The fourth-order valence-corrected chi connectivity index (χ4v) is 2.53. The van der Waals surface area contributed by atoms with Gasteiger partial charge in [-0.2, -0.15) is 10.2 Å². The van der Waals surface area contributed by atoms with E-state index in [2.05, 4.69) is 15.5 Å². The molecule has 1 amide bonds. The zero-order valence-electron chi connectivity index (χ0n) is 15.7. The van der Waals surface area contributed by atoms with Crippen molar-refractivity contribution in [3.05, 3.63) is 51.5 Å². The molecule has 2 aromatic carbocycles. The predicted octanol–water partition coefficient (Wildman–Crippen LogP) is 3.95. The number of Topliss-reactive ketones (excluding diaryl/α,β-unsaturated/α-hetero) is 1. The smallest absolute Gasteiger partial charge is 0.271 e. The van der Waals surface area contributed by atoms with E-state index in [0.29, 0.717) is 0 Å². The summed E-state index contributed by atoms with van der Waals surface area (Å²) in [6, 6.07) is 6.79. The second-order valence-electron chi connectivity index (χ2n) is 5.69. The Morgan fingerprint density at radius 2 is 1.79 bits per heavy atom. The number of amides is 1. The minimum Gasteiger partial charge on any atom is -0.495 e. The molecule has 10 nitrogen and oxygen atoms in total. The number of nitrogens with zero attached hydrogens (tertiary/aromatic N) is 3. The average molecular weight is 421 g/mol. The number of nitrogens with one attached hydrogen (secondary N) is 1. The van der Waals surface area contributed by atoms with Crippen molar-refractivity contribution in [1.29, 1.82) is 0 Å². The van der Waals surface area contributed by atoms with Crippen LogP contribution in [-0.4, -0.2) is 36.9 Å². The molecule has 2 aromatic rings. The maximum atomic E-state index is 12.5. The summed E-state index contributed by atoms with van der Waals surface area (Å²) in [6.45, 7) is 1.18. The van der Waals surface area contributed by atoms with Crippen molar-refractivity contribution in [2.75, 3.05) is 19.5 Å². The van der Waals surface area contributed by atoms with Crippen molar-refractivity contribution in [3.8, 4) is 11.5 Å². The van der Waals surface area contributed by atoms with Crippen molar-refractivity contribution in [2.24, 2.45) is 10.2 Å². The Morgan fingerprint density at radius 3 is 2.31 bits per heavy atom. The molecule has 1 atom stereocenters. The highest BCUT2D eigenvalue weighted by Gasteiger charge is 2.24. The molecule has 29 heavy (non-hydrogen) atoms. The molecule has 1 unspecified atom stereocenters. The SMILES string of the molecule is COc1cc(NC(=O)C(N=Nc2cccc([N+](=O)[O-])c2)C(C)=O)cc(OC)c1Cl. The molecule has 0 aliphatic heterocycles. The third-order valence-electron chi connectivity index (χ3n) is 3.68. The van der Waals surface area contributed by atoms with E-state index in [0.717, 1.165) is 0 Å². The number of carbonyl (C=O) groups excluding carboxylic acids is 2. The number of rotatable bonds is 8. The Balaban J connectivity index is 2.25. The summed E-state index contributed by atoms with van der Waals surface area (Å²) in [7, 11) is 2.80. The van der Waals surface area contributed by atoms with Gasteiger partial charge in [-0.05, 0) is 13.0 Å². The fraction of sp³-hybridized carbons (Fsp3) is 0.222. The zero-order valence-corrected chi connectivity index (χ0v) is 16.5. The predicted molar refractivity (Wildman–Crippen MR) is 105 cm³/mol. The van der Waals surface area contributed by atoms with Gasteiger partial charge in [-0.3, -0.25) is 19.7 Å². The van der Waals surface area contributed by atoms with Gasteiger partial charge in [-0.25, -0.2) is 0 Å². The van der Waals surface area contributed by atoms with Crippen LogP contribution in [0.3, 0.4) is 0 Å². The molecule has 0 aliphatic rings. The van der Waals surface area contributed by atoms with E-state index in [9.17, 15) is 19.7 Å². The number of anilines is 1. The van der Waals surface area contributed by atoms with Gasteiger partial charge in [0.1, 0.15) is 16.5 Å².